The third-order valence-corrected chi connectivity index (χ3v) is 12.2. The molecule has 0 aliphatic carbocycles. The van der Waals surface area contributed by atoms with Crippen molar-refractivity contribution in [2.24, 2.45) is 0 Å². The van der Waals surface area contributed by atoms with Crippen LogP contribution in [0.1, 0.15) is 0 Å². The first kappa shape index (κ1) is 39.2. The third-order valence-electron chi connectivity index (χ3n) is 12.2. The average molecular weight is 832 g/mol. The van der Waals surface area contributed by atoms with Gasteiger partial charge in [-0.15, -0.1) is 0 Å². The van der Waals surface area contributed by atoms with Crippen molar-refractivity contribution in [2.75, 3.05) is 9.80 Å². The van der Waals surface area contributed by atoms with E-state index in [-0.39, 0.29) is 0 Å². The molecule has 0 amide bonds. The summed E-state index contributed by atoms with van der Waals surface area (Å²) in [7, 11) is 0. The molecule has 0 saturated heterocycles. The number of para-hydroxylation sites is 5. The smallest absolute Gasteiger partial charge is 0.0541 e. The molecule has 0 fully saturated rings. The Hall–Kier alpha value is -8.66. The number of anilines is 6. The topological polar surface area (TPSA) is 11.4 Å². The minimum Gasteiger partial charge on any atom is -0.310 e. The van der Waals surface area contributed by atoms with Gasteiger partial charge < -0.3 is 14.4 Å². The molecule has 0 unspecified atom stereocenters. The normalized spacial score (nSPS) is 11.1. The fraction of sp³-hybridized carbons (Fsp3) is 0. The summed E-state index contributed by atoms with van der Waals surface area (Å²) in [5.74, 6) is 0. The maximum absolute atomic E-state index is 2.34. The molecule has 0 aliphatic heterocycles. The van der Waals surface area contributed by atoms with Gasteiger partial charge in [-0.2, -0.15) is 0 Å². The van der Waals surface area contributed by atoms with Crippen LogP contribution in [0.15, 0.2) is 273 Å². The third kappa shape index (κ3) is 7.66. The largest absolute Gasteiger partial charge is 0.310 e. The summed E-state index contributed by atoms with van der Waals surface area (Å²) < 4.78 is 2.32. The van der Waals surface area contributed by atoms with Gasteiger partial charge in [0.15, 0.2) is 0 Å². The fourth-order valence-electron chi connectivity index (χ4n) is 9.20. The predicted molar refractivity (Wildman–Crippen MR) is 277 cm³/mol. The van der Waals surface area contributed by atoms with Crippen LogP contribution in [-0.4, -0.2) is 4.57 Å². The van der Waals surface area contributed by atoms with Gasteiger partial charge in [0.2, 0.25) is 0 Å². The van der Waals surface area contributed by atoms with Gasteiger partial charge in [-0.1, -0.05) is 188 Å². The second-order valence-electron chi connectivity index (χ2n) is 16.1. The molecule has 0 saturated carbocycles. The van der Waals surface area contributed by atoms with Gasteiger partial charge in [-0.3, -0.25) is 0 Å². The number of rotatable bonds is 8. The minimum atomic E-state index is 1.12. The molecular weight excluding hydrogens is 787 g/mol. The van der Waals surface area contributed by atoms with E-state index in [1.54, 1.807) is 0 Å². The van der Waals surface area contributed by atoms with E-state index < -0.39 is 0 Å². The second-order valence-corrected chi connectivity index (χ2v) is 16.1. The summed E-state index contributed by atoms with van der Waals surface area (Å²) in [5.41, 5.74) is 12.9. The highest BCUT2D eigenvalue weighted by atomic mass is 15.1. The van der Waals surface area contributed by atoms with Crippen molar-refractivity contribution in [1.82, 2.24) is 4.57 Å². The number of hydrogen-bond donors (Lipinski definition) is 0. The van der Waals surface area contributed by atoms with Crippen LogP contribution in [0, 0.1) is 0 Å². The molecule has 3 heteroatoms. The maximum Gasteiger partial charge on any atom is 0.0541 e. The summed E-state index contributed by atoms with van der Waals surface area (Å²) in [6.45, 7) is 0. The van der Waals surface area contributed by atoms with E-state index in [2.05, 4.69) is 287 Å². The van der Waals surface area contributed by atoms with Gasteiger partial charge >= 0.3 is 0 Å². The van der Waals surface area contributed by atoms with Crippen LogP contribution in [0.2, 0.25) is 0 Å². The minimum absolute atomic E-state index is 1.12. The van der Waals surface area contributed by atoms with E-state index >= 15 is 0 Å². The predicted octanol–water partition coefficient (Wildman–Crippen LogP) is 17.4. The summed E-state index contributed by atoms with van der Waals surface area (Å²) in [6, 6.07) is 96.9. The Morgan fingerprint density at radius 2 is 0.554 bits per heavy atom. The highest BCUT2D eigenvalue weighted by molar-refractivity contribution is 6.09. The highest BCUT2D eigenvalue weighted by Crippen LogP contribution is 2.42. The molecule has 65 heavy (non-hydrogen) atoms. The molecule has 0 atom stereocenters. The lowest BCUT2D eigenvalue weighted by Gasteiger charge is -2.27. The fourth-order valence-corrected chi connectivity index (χ4v) is 9.20. The summed E-state index contributed by atoms with van der Waals surface area (Å²) in [6.07, 6.45) is 0. The molecule has 0 N–H and O–H groups in total. The van der Waals surface area contributed by atoms with Crippen molar-refractivity contribution in [1.29, 1.82) is 0 Å². The first-order chi connectivity index (χ1) is 32.3. The van der Waals surface area contributed by atoms with Crippen molar-refractivity contribution in [2.45, 2.75) is 0 Å². The average Bonchev–Trinajstić information content (AvgIpc) is 3.73. The molecule has 1 heterocycles. The first-order valence-electron chi connectivity index (χ1n) is 22.2. The number of hydrogen-bond acceptors (Lipinski definition) is 2. The lowest BCUT2D eigenvalue weighted by Crippen LogP contribution is -2.10. The van der Waals surface area contributed by atoms with Gasteiger partial charge in [-0.25, -0.2) is 0 Å². The quantitative estimate of drug-likeness (QED) is 0.151. The highest BCUT2D eigenvalue weighted by Gasteiger charge is 2.17. The molecule has 3 nitrogen and oxygen atoms in total. The van der Waals surface area contributed by atoms with Crippen LogP contribution in [0.25, 0.3) is 60.2 Å². The van der Waals surface area contributed by atoms with Crippen molar-refractivity contribution >= 4 is 77.5 Å². The Morgan fingerprint density at radius 3 is 0.985 bits per heavy atom. The molecule has 308 valence electrons. The summed E-state index contributed by atoms with van der Waals surface area (Å²) in [5, 5.41) is 7.52. The van der Waals surface area contributed by atoms with E-state index in [1.165, 1.54) is 60.2 Å². The zero-order chi connectivity index (χ0) is 43.4. The monoisotopic (exact) mass is 831 g/mol. The zero-order valence-corrected chi connectivity index (χ0v) is 35.8. The molecule has 1 aromatic heterocycles. The van der Waals surface area contributed by atoms with Crippen LogP contribution in [0.4, 0.5) is 34.1 Å². The molecule has 0 aliphatic rings. The van der Waals surface area contributed by atoms with Gasteiger partial charge in [0.05, 0.1) is 22.4 Å². The van der Waals surface area contributed by atoms with E-state index in [4.69, 9.17) is 0 Å². The van der Waals surface area contributed by atoms with Crippen molar-refractivity contribution < 1.29 is 0 Å². The number of benzene rings is 11. The van der Waals surface area contributed by atoms with E-state index in [9.17, 15) is 0 Å². The number of fused-ring (bicyclic) bond motifs is 5. The van der Waals surface area contributed by atoms with Gasteiger partial charge in [-0.05, 0) is 107 Å². The number of aromatic nitrogens is 1. The van der Waals surface area contributed by atoms with E-state index in [0.717, 1.165) is 34.1 Å². The Balaban J connectivity index is 0.000000204. The molecule has 0 spiro atoms. The Morgan fingerprint density at radius 1 is 0.231 bits per heavy atom. The Kier molecular flexibility index (Phi) is 10.6. The van der Waals surface area contributed by atoms with Crippen LogP contribution in [-0.2, 0) is 0 Å². The molecule has 12 rings (SSSR count). The first-order valence-corrected chi connectivity index (χ1v) is 22.2. The lowest BCUT2D eigenvalue weighted by atomic mass is 10.0. The standard InChI is InChI=1S/C44H32N2.C18H13N/c1-3-17-37(18-4-1)45(43-23-11-15-35-13-7-9-21-41(35)43)39-29-25-33(26-30-39)34-27-31-40(32-28-34)46(38-19-5-2-6-20-38)44-24-12-16-36-14-8-10-22-42(36)44;1-2-8-14(9-3-1)19-17-12-6-4-10-15(17)16-11-5-7-13-18(16)19/h1-32H;1-13H. The Bertz CT molecular complexity index is 3300. The molecular formula is C62H45N3. The Labute approximate surface area is 380 Å². The van der Waals surface area contributed by atoms with Crippen LogP contribution in [0.3, 0.4) is 0 Å². The lowest BCUT2D eigenvalue weighted by molar-refractivity contribution is 1.18. The summed E-state index contributed by atoms with van der Waals surface area (Å²) >= 11 is 0. The van der Waals surface area contributed by atoms with Crippen molar-refractivity contribution in [3.8, 4) is 16.8 Å². The molecule has 12 aromatic rings. The van der Waals surface area contributed by atoms with Crippen LogP contribution in [0.5, 0.6) is 0 Å². The van der Waals surface area contributed by atoms with Crippen molar-refractivity contribution in [3.63, 3.8) is 0 Å². The van der Waals surface area contributed by atoms with Gasteiger partial charge in [0.1, 0.15) is 0 Å². The maximum atomic E-state index is 2.34. The van der Waals surface area contributed by atoms with Crippen LogP contribution < -0.4 is 9.80 Å². The van der Waals surface area contributed by atoms with E-state index in [1.807, 2.05) is 0 Å². The number of nitrogens with zero attached hydrogens (tertiary/aromatic N) is 3. The molecule has 0 radical (unpaired) electrons. The molecule has 11 aromatic carbocycles. The SMILES string of the molecule is c1ccc(-n2c3ccccc3c3ccccc32)cc1.c1ccc(N(c2ccc(-c3ccc(N(c4ccccc4)c4cccc5ccccc45)cc3)cc2)c2cccc3ccccc23)cc1. The molecule has 0 bridgehead atoms. The van der Waals surface area contributed by atoms with E-state index in [0.29, 0.717) is 0 Å². The zero-order valence-electron chi connectivity index (χ0n) is 35.8. The second kappa shape index (κ2) is 17.6. The van der Waals surface area contributed by atoms with Crippen LogP contribution >= 0.6 is 0 Å². The summed E-state index contributed by atoms with van der Waals surface area (Å²) in [4.78, 5) is 4.69. The van der Waals surface area contributed by atoms with Gasteiger partial charge in [0, 0.05) is 50.0 Å². The van der Waals surface area contributed by atoms with Gasteiger partial charge in [0.25, 0.3) is 0 Å². The van der Waals surface area contributed by atoms with Crippen molar-refractivity contribution in [3.05, 3.63) is 273 Å².